The zero-order chi connectivity index (χ0) is 14.5. The number of ether oxygens (including phenoxy) is 1. The number of esters is 1. The number of benzene rings is 1. The molecule has 1 aromatic carbocycles. The van der Waals surface area contributed by atoms with E-state index in [4.69, 9.17) is 0 Å². The van der Waals surface area contributed by atoms with Gasteiger partial charge in [-0.05, 0) is 24.6 Å². The standard InChI is InChI=1S/C13H16O5S/c1-10(14)9-11-3-5-12(6-4-11)19(16,17)8-7-13(15)18-2/h3-6H,7-9H2,1-2H3. The van der Waals surface area contributed by atoms with Crippen molar-refractivity contribution in [2.24, 2.45) is 0 Å². The number of Topliss-reactive ketones (excluding diaryl/α,β-unsaturated/α-hetero) is 1. The minimum absolute atomic E-state index is 0.0151. The molecule has 0 spiro atoms. The van der Waals surface area contributed by atoms with Crippen LogP contribution in [0.1, 0.15) is 18.9 Å². The molecule has 0 aliphatic rings. The average molecular weight is 284 g/mol. The maximum absolute atomic E-state index is 11.9. The lowest BCUT2D eigenvalue weighted by Gasteiger charge is -2.05. The zero-order valence-electron chi connectivity index (χ0n) is 10.9. The predicted molar refractivity (Wildman–Crippen MR) is 69.5 cm³/mol. The number of hydrogen-bond acceptors (Lipinski definition) is 5. The number of carbonyl (C=O) groups excluding carboxylic acids is 2. The van der Waals surface area contributed by atoms with E-state index in [1.165, 1.54) is 26.2 Å². The molecule has 0 amide bonds. The molecule has 0 atom stereocenters. The first kappa shape index (κ1) is 15.4. The van der Waals surface area contributed by atoms with Crippen molar-refractivity contribution >= 4 is 21.6 Å². The van der Waals surface area contributed by atoms with Crippen LogP contribution in [0.25, 0.3) is 0 Å². The Bertz CT molecular complexity index is 557. The van der Waals surface area contributed by atoms with Gasteiger partial charge < -0.3 is 4.74 Å². The van der Waals surface area contributed by atoms with Gasteiger partial charge in [0.15, 0.2) is 9.84 Å². The molecule has 19 heavy (non-hydrogen) atoms. The average Bonchev–Trinajstić information content (AvgIpc) is 2.36. The van der Waals surface area contributed by atoms with Crippen LogP contribution in [-0.2, 0) is 30.6 Å². The van der Waals surface area contributed by atoms with Gasteiger partial charge in [0.05, 0.1) is 24.2 Å². The first-order valence-electron chi connectivity index (χ1n) is 5.73. The molecule has 0 heterocycles. The summed E-state index contributed by atoms with van der Waals surface area (Å²) in [5.41, 5.74) is 0.763. The van der Waals surface area contributed by atoms with Crippen LogP contribution < -0.4 is 0 Å². The third kappa shape index (κ3) is 4.82. The molecule has 104 valence electrons. The monoisotopic (exact) mass is 284 g/mol. The van der Waals surface area contributed by atoms with Gasteiger partial charge in [0.1, 0.15) is 5.78 Å². The molecule has 0 aliphatic heterocycles. The van der Waals surface area contributed by atoms with E-state index < -0.39 is 15.8 Å². The van der Waals surface area contributed by atoms with Crippen LogP contribution >= 0.6 is 0 Å². The second-order valence-electron chi connectivity index (χ2n) is 4.17. The summed E-state index contributed by atoms with van der Waals surface area (Å²) in [4.78, 5) is 22.0. The van der Waals surface area contributed by atoms with Crippen LogP contribution in [0.4, 0.5) is 0 Å². The minimum Gasteiger partial charge on any atom is -0.469 e. The fourth-order valence-electron chi connectivity index (χ4n) is 1.54. The lowest BCUT2D eigenvalue weighted by atomic mass is 10.1. The summed E-state index contributed by atoms with van der Waals surface area (Å²) in [5.74, 6) is -0.829. The molecule has 1 aromatic rings. The van der Waals surface area contributed by atoms with Crippen LogP contribution in [0.3, 0.4) is 0 Å². The third-order valence-corrected chi connectivity index (χ3v) is 4.27. The van der Waals surface area contributed by atoms with E-state index in [1.54, 1.807) is 12.1 Å². The first-order chi connectivity index (χ1) is 8.85. The van der Waals surface area contributed by atoms with Crippen molar-refractivity contribution in [3.05, 3.63) is 29.8 Å². The van der Waals surface area contributed by atoms with E-state index >= 15 is 0 Å². The number of methoxy groups -OCH3 is 1. The second-order valence-corrected chi connectivity index (χ2v) is 6.28. The summed E-state index contributed by atoms with van der Waals surface area (Å²) in [5, 5.41) is 0. The van der Waals surface area contributed by atoms with Crippen LogP contribution in [0.5, 0.6) is 0 Å². The molecule has 0 radical (unpaired) electrons. The maximum atomic E-state index is 11.9. The summed E-state index contributed by atoms with van der Waals surface area (Å²) in [6, 6.07) is 6.11. The molecule has 6 heteroatoms. The highest BCUT2D eigenvalue weighted by atomic mass is 32.2. The van der Waals surface area contributed by atoms with E-state index in [9.17, 15) is 18.0 Å². The Balaban J connectivity index is 2.79. The Labute approximate surface area is 112 Å². The highest BCUT2D eigenvalue weighted by Crippen LogP contribution is 2.14. The van der Waals surface area contributed by atoms with Gasteiger partial charge in [-0.3, -0.25) is 9.59 Å². The Kier molecular flexibility index (Phi) is 5.23. The second kappa shape index (κ2) is 6.47. The largest absolute Gasteiger partial charge is 0.469 e. The van der Waals surface area contributed by atoms with Gasteiger partial charge in [0.2, 0.25) is 0 Å². The Hall–Kier alpha value is -1.69. The Morgan fingerprint density at radius 1 is 1.16 bits per heavy atom. The van der Waals surface area contributed by atoms with Crippen molar-refractivity contribution < 1.29 is 22.7 Å². The van der Waals surface area contributed by atoms with Crippen molar-refractivity contribution in [1.29, 1.82) is 0 Å². The number of rotatable bonds is 6. The van der Waals surface area contributed by atoms with Gasteiger partial charge >= 0.3 is 5.97 Å². The number of sulfone groups is 1. The molecule has 0 bridgehead atoms. The van der Waals surface area contributed by atoms with Crippen LogP contribution in [0.15, 0.2) is 29.2 Å². The molecular weight excluding hydrogens is 268 g/mol. The number of ketones is 1. The van der Waals surface area contributed by atoms with Gasteiger partial charge in [-0.1, -0.05) is 12.1 Å². The maximum Gasteiger partial charge on any atom is 0.306 e. The van der Waals surface area contributed by atoms with Gasteiger partial charge in [-0.15, -0.1) is 0 Å². The molecule has 0 fully saturated rings. The quantitative estimate of drug-likeness (QED) is 0.732. The van der Waals surface area contributed by atoms with Crippen molar-refractivity contribution in [2.75, 3.05) is 12.9 Å². The van der Waals surface area contributed by atoms with Gasteiger partial charge in [0, 0.05) is 6.42 Å². The molecule has 0 N–H and O–H groups in total. The smallest absolute Gasteiger partial charge is 0.306 e. The molecule has 1 rings (SSSR count). The van der Waals surface area contributed by atoms with Crippen molar-refractivity contribution in [3.8, 4) is 0 Å². The summed E-state index contributed by atoms with van der Waals surface area (Å²) >= 11 is 0. The van der Waals surface area contributed by atoms with Crippen molar-refractivity contribution in [1.82, 2.24) is 0 Å². The van der Waals surface area contributed by atoms with Crippen LogP contribution in [-0.4, -0.2) is 33.0 Å². The molecule has 0 aliphatic carbocycles. The fraction of sp³-hybridized carbons (Fsp3) is 0.385. The molecular formula is C13H16O5S. The van der Waals surface area contributed by atoms with E-state index in [0.29, 0.717) is 0 Å². The van der Waals surface area contributed by atoms with Crippen molar-refractivity contribution in [3.63, 3.8) is 0 Å². The molecule has 0 aromatic heterocycles. The highest BCUT2D eigenvalue weighted by Gasteiger charge is 2.16. The van der Waals surface area contributed by atoms with Gasteiger partial charge in [-0.25, -0.2) is 8.42 Å². The van der Waals surface area contributed by atoms with Crippen LogP contribution in [0.2, 0.25) is 0 Å². The lowest BCUT2D eigenvalue weighted by molar-refractivity contribution is -0.140. The molecule has 0 saturated heterocycles. The van der Waals surface area contributed by atoms with E-state index in [0.717, 1.165) is 5.56 Å². The van der Waals surface area contributed by atoms with Crippen molar-refractivity contribution in [2.45, 2.75) is 24.7 Å². The normalized spacial score (nSPS) is 11.1. The SMILES string of the molecule is COC(=O)CCS(=O)(=O)c1ccc(CC(C)=O)cc1. The summed E-state index contributed by atoms with van der Waals surface area (Å²) in [7, 11) is -2.28. The molecule has 0 unspecified atom stereocenters. The van der Waals surface area contributed by atoms with Crippen LogP contribution in [0, 0.1) is 0 Å². The van der Waals surface area contributed by atoms with Gasteiger partial charge in [0.25, 0.3) is 0 Å². The summed E-state index contributed by atoms with van der Waals surface area (Å²) in [6.45, 7) is 1.47. The Morgan fingerprint density at radius 2 is 1.74 bits per heavy atom. The predicted octanol–water partition coefficient (Wildman–Crippen LogP) is 1.15. The van der Waals surface area contributed by atoms with Gasteiger partial charge in [-0.2, -0.15) is 0 Å². The topological polar surface area (TPSA) is 77.5 Å². The Morgan fingerprint density at radius 3 is 2.21 bits per heavy atom. The molecule has 0 saturated carbocycles. The lowest BCUT2D eigenvalue weighted by Crippen LogP contribution is -2.12. The summed E-state index contributed by atoms with van der Waals surface area (Å²) < 4.78 is 28.2. The molecule has 5 nitrogen and oxygen atoms in total. The highest BCUT2D eigenvalue weighted by molar-refractivity contribution is 7.91. The van der Waals surface area contributed by atoms with E-state index in [1.807, 2.05) is 0 Å². The minimum atomic E-state index is -3.50. The third-order valence-electron chi connectivity index (χ3n) is 2.54. The number of carbonyl (C=O) groups is 2. The zero-order valence-corrected chi connectivity index (χ0v) is 11.7. The number of hydrogen-bond donors (Lipinski definition) is 0. The summed E-state index contributed by atoms with van der Waals surface area (Å²) in [6.07, 6.45) is 0.108. The van der Waals surface area contributed by atoms with E-state index in [-0.39, 0.29) is 29.3 Å². The fourth-order valence-corrected chi connectivity index (χ4v) is 2.76. The first-order valence-corrected chi connectivity index (χ1v) is 7.38. The van der Waals surface area contributed by atoms with E-state index in [2.05, 4.69) is 4.74 Å².